The summed E-state index contributed by atoms with van der Waals surface area (Å²) >= 11 is 0. The van der Waals surface area contributed by atoms with Crippen molar-refractivity contribution in [2.45, 2.75) is 26.2 Å². The molecule has 0 aliphatic rings. The van der Waals surface area contributed by atoms with Crippen LogP contribution in [-0.2, 0) is 9.98 Å². The van der Waals surface area contributed by atoms with Gasteiger partial charge in [0, 0.05) is 28.7 Å². The Balaban J connectivity index is 1.39. The summed E-state index contributed by atoms with van der Waals surface area (Å²) in [5, 5.41) is 21.8. The van der Waals surface area contributed by atoms with E-state index in [-0.39, 0.29) is 16.9 Å². The Kier molecular flexibility index (Phi) is 8.16. The van der Waals surface area contributed by atoms with Gasteiger partial charge in [0.15, 0.2) is 0 Å². The van der Waals surface area contributed by atoms with Crippen LogP contribution >= 0.6 is 7.14 Å². The lowest BCUT2D eigenvalue weighted by molar-refractivity contribution is 0.262. The van der Waals surface area contributed by atoms with Crippen LogP contribution in [0.4, 0.5) is 27.7 Å². The van der Waals surface area contributed by atoms with E-state index >= 15 is 0 Å². The number of ether oxygens (including phenoxy) is 1. The smallest absolute Gasteiger partial charge is 0.323 e. The maximum Gasteiger partial charge on any atom is 0.323 e. The Morgan fingerprint density at radius 1 is 0.837 bits per heavy atom. The molecule has 4 aromatic carbocycles. The molecule has 5 aromatic rings. The van der Waals surface area contributed by atoms with Gasteiger partial charge in [-0.05, 0) is 66.8 Å². The second-order valence-corrected chi connectivity index (χ2v) is 14.9. The fourth-order valence-corrected chi connectivity index (χ4v) is 5.72. The van der Waals surface area contributed by atoms with Gasteiger partial charge in [-0.3, -0.25) is 0 Å². The molecule has 1 heterocycles. The number of carbonyl (C=O) groups is 1. The molecular weight excluding hydrogens is 559 g/mol. The molecule has 4 N–H and O–H groups in total. The minimum absolute atomic E-state index is 0.191. The highest BCUT2D eigenvalue weighted by atomic mass is 31.2. The SMILES string of the molecule is CC(C)(C)c1cc(NC(=O)Nc2ccc(Oc3ccnc(Nc4ccccc4)c3)c3ccccc23)c(O)c(P(C)(C)=O)c1. The van der Waals surface area contributed by atoms with Crippen LogP contribution in [-0.4, -0.2) is 29.5 Å². The number of amides is 2. The lowest BCUT2D eigenvalue weighted by Gasteiger charge is -2.24. The fraction of sp³-hybridized carbons (Fsp3) is 0.176. The maximum absolute atomic E-state index is 13.2. The first-order valence-corrected chi connectivity index (χ1v) is 16.5. The molecule has 43 heavy (non-hydrogen) atoms. The van der Waals surface area contributed by atoms with Crippen molar-refractivity contribution in [1.82, 2.24) is 4.98 Å². The van der Waals surface area contributed by atoms with E-state index in [1.54, 1.807) is 49.9 Å². The van der Waals surface area contributed by atoms with E-state index in [0.29, 0.717) is 28.3 Å². The largest absolute Gasteiger partial charge is 0.505 e. The Bertz CT molecular complexity index is 1850. The number of para-hydroxylation sites is 1. The molecule has 220 valence electrons. The van der Waals surface area contributed by atoms with Crippen LogP contribution in [0.1, 0.15) is 26.3 Å². The Labute approximate surface area is 251 Å². The van der Waals surface area contributed by atoms with Crippen molar-refractivity contribution in [2.75, 3.05) is 29.3 Å². The zero-order chi connectivity index (χ0) is 30.8. The number of urea groups is 1. The zero-order valence-corrected chi connectivity index (χ0v) is 25.7. The van der Waals surface area contributed by atoms with Crippen molar-refractivity contribution in [1.29, 1.82) is 0 Å². The number of rotatable bonds is 7. The van der Waals surface area contributed by atoms with E-state index in [2.05, 4.69) is 20.9 Å². The predicted octanol–water partition coefficient (Wildman–Crippen LogP) is 8.67. The summed E-state index contributed by atoms with van der Waals surface area (Å²) in [6, 6.07) is 27.5. The predicted molar refractivity (Wildman–Crippen MR) is 177 cm³/mol. The quantitative estimate of drug-likeness (QED) is 0.111. The van der Waals surface area contributed by atoms with Crippen molar-refractivity contribution < 1.29 is 19.2 Å². The molecule has 1 aromatic heterocycles. The van der Waals surface area contributed by atoms with Crippen LogP contribution in [0, 0.1) is 0 Å². The molecule has 0 saturated carbocycles. The number of hydrogen-bond donors (Lipinski definition) is 4. The number of hydrogen-bond acceptors (Lipinski definition) is 6. The summed E-state index contributed by atoms with van der Waals surface area (Å²) in [6.45, 7) is 9.25. The van der Waals surface area contributed by atoms with Gasteiger partial charge in [0.2, 0.25) is 0 Å². The molecule has 0 spiro atoms. The van der Waals surface area contributed by atoms with E-state index < -0.39 is 13.2 Å². The van der Waals surface area contributed by atoms with Crippen LogP contribution in [0.15, 0.2) is 97.2 Å². The minimum Gasteiger partial charge on any atom is -0.505 e. The number of anilines is 4. The van der Waals surface area contributed by atoms with Gasteiger partial charge in [-0.2, -0.15) is 0 Å². The minimum atomic E-state index is -2.82. The van der Waals surface area contributed by atoms with Crippen molar-refractivity contribution in [2.24, 2.45) is 0 Å². The van der Waals surface area contributed by atoms with E-state index in [0.717, 1.165) is 22.0 Å². The molecule has 0 aliphatic carbocycles. The second-order valence-electron chi connectivity index (χ2n) is 11.7. The van der Waals surface area contributed by atoms with Gasteiger partial charge in [0.1, 0.15) is 30.2 Å². The van der Waals surface area contributed by atoms with E-state index in [1.807, 2.05) is 81.4 Å². The van der Waals surface area contributed by atoms with Crippen molar-refractivity contribution >= 4 is 52.1 Å². The van der Waals surface area contributed by atoms with E-state index in [4.69, 9.17) is 4.74 Å². The first-order chi connectivity index (χ1) is 20.4. The number of fused-ring (bicyclic) bond motifs is 1. The molecule has 5 rings (SSSR count). The fourth-order valence-electron chi connectivity index (χ4n) is 4.64. The standard InChI is InChI=1S/C34H35N4O4P/c1-34(2,3)22-19-28(32(39)30(20-22)43(4,5)41)38-33(40)37-27-15-16-29(26-14-10-9-13-25(26)27)42-24-17-18-35-31(21-24)36-23-11-7-6-8-12-23/h6-21,39H,1-5H3,(H,35,36)(H2,37,38,40). The Morgan fingerprint density at radius 2 is 1.51 bits per heavy atom. The van der Waals surface area contributed by atoms with Crippen molar-refractivity contribution in [3.8, 4) is 17.2 Å². The summed E-state index contributed by atoms with van der Waals surface area (Å²) in [4.78, 5) is 17.6. The van der Waals surface area contributed by atoms with Gasteiger partial charge in [-0.25, -0.2) is 9.78 Å². The third-order valence-corrected chi connectivity index (χ3v) is 8.42. The van der Waals surface area contributed by atoms with Crippen LogP contribution in [0.3, 0.4) is 0 Å². The molecule has 0 atom stereocenters. The summed E-state index contributed by atoms with van der Waals surface area (Å²) in [6.07, 6.45) is 1.68. The van der Waals surface area contributed by atoms with Gasteiger partial charge < -0.3 is 30.4 Å². The molecule has 0 radical (unpaired) electrons. The highest BCUT2D eigenvalue weighted by Gasteiger charge is 2.25. The number of carbonyl (C=O) groups excluding carboxylic acids is 1. The average molecular weight is 595 g/mol. The molecular formula is C34H35N4O4P. The normalized spacial score (nSPS) is 11.7. The third-order valence-electron chi connectivity index (χ3n) is 6.92. The molecule has 8 nitrogen and oxygen atoms in total. The number of nitrogens with one attached hydrogen (secondary N) is 3. The van der Waals surface area contributed by atoms with Gasteiger partial charge >= 0.3 is 6.03 Å². The topological polar surface area (TPSA) is 113 Å². The highest BCUT2D eigenvalue weighted by Crippen LogP contribution is 2.43. The summed E-state index contributed by atoms with van der Waals surface area (Å²) in [5.74, 6) is 1.67. The first-order valence-electron chi connectivity index (χ1n) is 13.9. The molecule has 0 unspecified atom stereocenters. The van der Waals surface area contributed by atoms with Crippen molar-refractivity contribution in [3.05, 3.63) is 103 Å². The summed E-state index contributed by atoms with van der Waals surface area (Å²) in [7, 11) is -2.82. The molecule has 0 bridgehead atoms. The molecule has 9 heteroatoms. The third kappa shape index (κ3) is 6.99. The number of pyridine rings is 1. The average Bonchev–Trinajstić information content (AvgIpc) is 2.95. The second kappa shape index (κ2) is 11.8. The number of phenolic OH excluding ortho intramolecular Hbond substituents is 1. The number of aromatic nitrogens is 1. The Hall–Kier alpha value is -4.81. The maximum atomic E-state index is 13.2. The van der Waals surface area contributed by atoms with Gasteiger partial charge in [-0.15, -0.1) is 0 Å². The molecule has 0 aliphatic heterocycles. The van der Waals surface area contributed by atoms with E-state index in [9.17, 15) is 14.5 Å². The van der Waals surface area contributed by atoms with Crippen LogP contribution < -0.4 is 26.0 Å². The lowest BCUT2D eigenvalue weighted by Crippen LogP contribution is -2.22. The van der Waals surface area contributed by atoms with Crippen LogP contribution in [0.5, 0.6) is 17.2 Å². The summed E-state index contributed by atoms with van der Waals surface area (Å²) < 4.78 is 19.2. The molecule has 0 saturated heterocycles. The number of nitrogens with zero attached hydrogens (tertiary/aromatic N) is 1. The van der Waals surface area contributed by atoms with Gasteiger partial charge in [0.25, 0.3) is 0 Å². The lowest BCUT2D eigenvalue weighted by atomic mass is 9.86. The zero-order valence-electron chi connectivity index (χ0n) is 24.8. The van der Waals surface area contributed by atoms with Crippen LogP contribution in [0.2, 0.25) is 0 Å². The summed E-state index contributed by atoms with van der Waals surface area (Å²) in [5.41, 5.74) is 2.24. The van der Waals surface area contributed by atoms with E-state index in [1.165, 1.54) is 0 Å². The molecule has 0 fully saturated rings. The highest BCUT2D eigenvalue weighted by molar-refractivity contribution is 7.70. The number of phenols is 1. The van der Waals surface area contributed by atoms with Crippen molar-refractivity contribution in [3.63, 3.8) is 0 Å². The van der Waals surface area contributed by atoms with Gasteiger partial charge in [0.05, 0.1) is 16.7 Å². The number of benzene rings is 4. The molecule has 2 amide bonds. The van der Waals surface area contributed by atoms with Crippen LogP contribution in [0.25, 0.3) is 10.8 Å². The van der Waals surface area contributed by atoms with Gasteiger partial charge in [-0.1, -0.05) is 63.2 Å². The Morgan fingerprint density at radius 3 is 2.21 bits per heavy atom. The number of aromatic hydroxyl groups is 1. The first kappa shape index (κ1) is 29.7. The monoisotopic (exact) mass is 594 g/mol.